The minimum atomic E-state index is -0.955. The Morgan fingerprint density at radius 2 is 2.28 bits per heavy atom. The zero-order chi connectivity index (χ0) is 13.3. The number of nitrogens with one attached hydrogen (secondary N) is 1. The van der Waals surface area contributed by atoms with Crippen molar-refractivity contribution in [1.29, 1.82) is 0 Å². The number of nitrogens with zero attached hydrogens (tertiary/aromatic N) is 1. The summed E-state index contributed by atoms with van der Waals surface area (Å²) < 4.78 is 11.9. The molecule has 0 spiro atoms. The number of aromatic amines is 1. The maximum atomic E-state index is 11.6. The highest BCUT2D eigenvalue weighted by molar-refractivity contribution is 4.93. The Morgan fingerprint density at radius 3 is 2.78 bits per heavy atom. The normalized spacial score (nSPS) is 31.7. The van der Waals surface area contributed by atoms with Gasteiger partial charge in [-0.15, -0.1) is 0 Å². The first kappa shape index (κ1) is 13.0. The lowest BCUT2D eigenvalue weighted by Gasteiger charge is -2.18. The summed E-state index contributed by atoms with van der Waals surface area (Å²) in [6, 6.07) is 1.21. The van der Waals surface area contributed by atoms with Crippen LogP contribution in [0.25, 0.3) is 0 Å². The van der Waals surface area contributed by atoms with E-state index in [1.807, 2.05) is 6.92 Å². The Balaban J connectivity index is 2.34. The third-order valence-electron chi connectivity index (χ3n) is 3.11. The molecule has 7 nitrogen and oxygen atoms in total. The first-order valence-electron chi connectivity index (χ1n) is 5.76. The number of ether oxygens (including phenoxy) is 2. The van der Waals surface area contributed by atoms with Crippen molar-refractivity contribution in [2.24, 2.45) is 0 Å². The molecule has 0 amide bonds. The molecule has 7 heteroatoms. The highest BCUT2D eigenvalue weighted by atomic mass is 16.6. The van der Waals surface area contributed by atoms with Gasteiger partial charge in [0.2, 0.25) is 0 Å². The zero-order valence-electron chi connectivity index (χ0n) is 10.2. The molecule has 1 aliphatic heterocycles. The molecule has 2 heterocycles. The van der Waals surface area contributed by atoms with Crippen molar-refractivity contribution in [2.45, 2.75) is 37.9 Å². The summed E-state index contributed by atoms with van der Waals surface area (Å²) in [5.41, 5.74) is -1.10. The summed E-state index contributed by atoms with van der Waals surface area (Å²) in [4.78, 5) is 24.7. The lowest BCUT2D eigenvalue weighted by atomic mass is 10.1. The molecular formula is C11H16N2O5. The topological polar surface area (TPSA) is 93.6 Å². The van der Waals surface area contributed by atoms with Crippen LogP contribution in [-0.4, -0.2) is 40.1 Å². The summed E-state index contributed by atoms with van der Waals surface area (Å²) in [5, 5.41) is 10.1. The van der Waals surface area contributed by atoms with Crippen molar-refractivity contribution in [3.63, 3.8) is 0 Å². The van der Waals surface area contributed by atoms with Crippen LogP contribution in [0.4, 0.5) is 0 Å². The largest absolute Gasteiger partial charge is 0.386 e. The molecule has 1 saturated heterocycles. The van der Waals surface area contributed by atoms with Crippen LogP contribution >= 0.6 is 0 Å². The second-order valence-corrected chi connectivity index (χ2v) is 4.18. The van der Waals surface area contributed by atoms with Crippen molar-refractivity contribution in [3.8, 4) is 0 Å². The van der Waals surface area contributed by atoms with E-state index in [1.165, 1.54) is 19.4 Å². The Bertz CT molecular complexity index is 523. The number of aliphatic hydroxyl groups excluding tert-OH is 1. The summed E-state index contributed by atoms with van der Waals surface area (Å²) in [6.45, 7) is 1.90. The number of aromatic nitrogens is 2. The summed E-state index contributed by atoms with van der Waals surface area (Å²) in [5.74, 6) is 0. The standard InChI is InChI=1S/C11H16N2O5/c1-3-6-9(17-2)8(15)10(18-6)13-5-4-7(14)12-11(13)16/h4-6,8-10,15H,3H2,1-2H3,(H,12,14,16)/t6-,8+,9?,10-/m1/s1. The maximum Gasteiger partial charge on any atom is 0.330 e. The molecule has 0 radical (unpaired) electrons. The van der Waals surface area contributed by atoms with Gasteiger partial charge in [-0.3, -0.25) is 14.3 Å². The predicted molar refractivity (Wildman–Crippen MR) is 62.3 cm³/mol. The Hall–Kier alpha value is -1.44. The minimum absolute atomic E-state index is 0.283. The molecule has 4 atom stereocenters. The maximum absolute atomic E-state index is 11.6. The van der Waals surface area contributed by atoms with Gasteiger partial charge in [-0.25, -0.2) is 4.79 Å². The van der Waals surface area contributed by atoms with Gasteiger partial charge in [0.05, 0.1) is 6.10 Å². The van der Waals surface area contributed by atoms with E-state index in [2.05, 4.69) is 4.98 Å². The van der Waals surface area contributed by atoms with Gasteiger partial charge in [-0.05, 0) is 6.42 Å². The minimum Gasteiger partial charge on any atom is -0.386 e. The number of aliphatic hydroxyl groups is 1. The SMILES string of the molecule is CC[C@H]1O[C@@H](n2ccc(=O)[nH]c2=O)[C@@H](O)C1OC. The highest BCUT2D eigenvalue weighted by Gasteiger charge is 2.44. The van der Waals surface area contributed by atoms with Crippen molar-refractivity contribution in [1.82, 2.24) is 9.55 Å². The van der Waals surface area contributed by atoms with Crippen LogP contribution in [0, 0.1) is 0 Å². The number of H-pyrrole nitrogens is 1. The molecule has 2 rings (SSSR count). The fourth-order valence-corrected chi connectivity index (χ4v) is 2.20. The highest BCUT2D eigenvalue weighted by Crippen LogP contribution is 2.31. The molecule has 1 aliphatic rings. The Morgan fingerprint density at radius 1 is 1.56 bits per heavy atom. The molecule has 1 aromatic rings. The van der Waals surface area contributed by atoms with Gasteiger partial charge in [0, 0.05) is 19.4 Å². The molecule has 0 bridgehead atoms. The van der Waals surface area contributed by atoms with Crippen LogP contribution in [0.5, 0.6) is 0 Å². The van der Waals surface area contributed by atoms with E-state index in [0.717, 1.165) is 4.57 Å². The third kappa shape index (κ3) is 2.12. The molecule has 0 saturated carbocycles. The lowest BCUT2D eigenvalue weighted by Crippen LogP contribution is -2.38. The third-order valence-corrected chi connectivity index (χ3v) is 3.11. The van der Waals surface area contributed by atoms with Crippen LogP contribution in [0.2, 0.25) is 0 Å². The Kier molecular flexibility index (Phi) is 3.65. The van der Waals surface area contributed by atoms with E-state index < -0.39 is 29.7 Å². The van der Waals surface area contributed by atoms with Crippen molar-refractivity contribution in [2.75, 3.05) is 7.11 Å². The van der Waals surface area contributed by atoms with Crippen LogP contribution in [-0.2, 0) is 9.47 Å². The second kappa shape index (κ2) is 5.05. The van der Waals surface area contributed by atoms with Crippen LogP contribution in [0.3, 0.4) is 0 Å². The molecule has 0 aliphatic carbocycles. The zero-order valence-corrected chi connectivity index (χ0v) is 10.2. The smallest absolute Gasteiger partial charge is 0.330 e. The summed E-state index contributed by atoms with van der Waals surface area (Å²) >= 11 is 0. The van der Waals surface area contributed by atoms with Crippen molar-refractivity contribution in [3.05, 3.63) is 33.1 Å². The van der Waals surface area contributed by atoms with Gasteiger partial charge in [-0.1, -0.05) is 6.92 Å². The monoisotopic (exact) mass is 256 g/mol. The molecule has 2 N–H and O–H groups in total. The van der Waals surface area contributed by atoms with Crippen LogP contribution in [0.1, 0.15) is 19.6 Å². The molecule has 0 aromatic carbocycles. The fourth-order valence-electron chi connectivity index (χ4n) is 2.20. The van der Waals surface area contributed by atoms with E-state index in [1.54, 1.807) is 0 Å². The van der Waals surface area contributed by atoms with Crippen LogP contribution < -0.4 is 11.2 Å². The molecule has 1 aromatic heterocycles. The van der Waals surface area contributed by atoms with E-state index >= 15 is 0 Å². The fraction of sp³-hybridized carbons (Fsp3) is 0.636. The average Bonchev–Trinajstić information content (AvgIpc) is 2.66. The predicted octanol–water partition coefficient (Wildman–Crippen LogP) is -0.780. The summed E-state index contributed by atoms with van der Waals surface area (Å²) in [7, 11) is 1.48. The lowest BCUT2D eigenvalue weighted by molar-refractivity contribution is -0.0405. The van der Waals surface area contributed by atoms with Gasteiger partial charge < -0.3 is 14.6 Å². The van der Waals surface area contributed by atoms with Gasteiger partial charge in [0.15, 0.2) is 6.23 Å². The molecule has 1 unspecified atom stereocenters. The van der Waals surface area contributed by atoms with Crippen molar-refractivity contribution >= 4 is 0 Å². The van der Waals surface area contributed by atoms with Gasteiger partial charge in [-0.2, -0.15) is 0 Å². The van der Waals surface area contributed by atoms with Gasteiger partial charge in [0.25, 0.3) is 5.56 Å². The van der Waals surface area contributed by atoms with E-state index in [4.69, 9.17) is 9.47 Å². The number of hydrogen-bond acceptors (Lipinski definition) is 5. The molecule has 100 valence electrons. The average molecular weight is 256 g/mol. The number of hydrogen-bond donors (Lipinski definition) is 2. The number of rotatable bonds is 3. The molecular weight excluding hydrogens is 240 g/mol. The quantitative estimate of drug-likeness (QED) is 0.740. The van der Waals surface area contributed by atoms with Crippen LogP contribution in [0.15, 0.2) is 21.9 Å². The van der Waals surface area contributed by atoms with E-state index in [0.29, 0.717) is 6.42 Å². The summed E-state index contributed by atoms with van der Waals surface area (Å²) in [6.07, 6.45) is -0.607. The van der Waals surface area contributed by atoms with Crippen molar-refractivity contribution < 1.29 is 14.6 Å². The second-order valence-electron chi connectivity index (χ2n) is 4.18. The molecule has 18 heavy (non-hydrogen) atoms. The van der Waals surface area contributed by atoms with E-state index in [9.17, 15) is 14.7 Å². The number of methoxy groups -OCH3 is 1. The Labute approximate surface area is 103 Å². The van der Waals surface area contributed by atoms with Gasteiger partial charge in [0.1, 0.15) is 12.2 Å². The first-order chi connectivity index (χ1) is 8.58. The van der Waals surface area contributed by atoms with Gasteiger partial charge >= 0.3 is 5.69 Å². The first-order valence-corrected chi connectivity index (χ1v) is 5.76. The van der Waals surface area contributed by atoms with E-state index in [-0.39, 0.29) is 6.10 Å². The molecule has 1 fully saturated rings.